The minimum absolute atomic E-state index is 0.0733. The minimum Gasteiger partial charge on any atom is -0.481 e. The van der Waals surface area contributed by atoms with Crippen LogP contribution in [0.1, 0.15) is 24.0 Å². The molecule has 0 atom stereocenters. The highest BCUT2D eigenvalue weighted by atomic mass is 19.1. The summed E-state index contributed by atoms with van der Waals surface area (Å²) in [6.45, 7) is 1.88. The summed E-state index contributed by atoms with van der Waals surface area (Å²) in [5.41, 5.74) is 1.48. The van der Waals surface area contributed by atoms with Crippen LogP contribution in [0.5, 0.6) is 0 Å². The summed E-state index contributed by atoms with van der Waals surface area (Å²) < 4.78 is 13.2. The Bertz CT molecular complexity index is 383. The molecule has 0 saturated heterocycles. The van der Waals surface area contributed by atoms with Gasteiger partial charge in [-0.15, -0.1) is 0 Å². The van der Waals surface area contributed by atoms with Crippen molar-refractivity contribution in [2.24, 2.45) is 0 Å². The summed E-state index contributed by atoms with van der Waals surface area (Å²) in [5.74, 6) is -1.13. The lowest BCUT2D eigenvalue weighted by Gasteiger charge is -1.98. The van der Waals surface area contributed by atoms with Gasteiger partial charge in [-0.25, -0.2) is 4.39 Å². The Morgan fingerprint density at radius 2 is 2.27 bits per heavy atom. The molecule has 0 fully saturated rings. The quantitative estimate of drug-likeness (QED) is 0.825. The molecule has 15 heavy (non-hydrogen) atoms. The van der Waals surface area contributed by atoms with Crippen molar-refractivity contribution in [3.63, 3.8) is 0 Å². The minimum atomic E-state index is -0.843. The number of benzene rings is 1. The van der Waals surface area contributed by atoms with Crippen molar-refractivity contribution < 1.29 is 14.3 Å². The first-order valence-corrected chi connectivity index (χ1v) is 4.74. The zero-order valence-corrected chi connectivity index (χ0v) is 8.53. The highest BCUT2D eigenvalue weighted by molar-refractivity contribution is 5.67. The average molecular weight is 208 g/mol. The Balaban J connectivity index is 2.63. The molecular formula is C12H13FO2. The molecule has 0 aromatic heterocycles. The standard InChI is InChI=1S/C12H13FO2/c1-9-6-7-11(13)10(8-9)4-2-3-5-12(14)15/h2,4,6-8H,3,5H2,1H3,(H,14,15). The summed E-state index contributed by atoms with van der Waals surface area (Å²) >= 11 is 0. The highest BCUT2D eigenvalue weighted by Crippen LogP contribution is 2.12. The Morgan fingerprint density at radius 1 is 1.53 bits per heavy atom. The van der Waals surface area contributed by atoms with Crippen molar-refractivity contribution in [1.29, 1.82) is 0 Å². The molecule has 0 aliphatic carbocycles. The number of carboxylic acids is 1. The number of allylic oxidation sites excluding steroid dienone is 1. The number of hydrogen-bond acceptors (Lipinski definition) is 1. The molecular weight excluding hydrogens is 195 g/mol. The predicted molar refractivity (Wildman–Crippen MR) is 57.0 cm³/mol. The molecule has 1 aromatic rings. The summed E-state index contributed by atoms with van der Waals surface area (Å²) in [7, 11) is 0. The molecule has 0 unspecified atom stereocenters. The molecule has 0 aliphatic rings. The molecule has 1 aromatic carbocycles. The van der Waals surface area contributed by atoms with E-state index in [1.165, 1.54) is 6.07 Å². The molecule has 0 bridgehead atoms. The van der Waals surface area contributed by atoms with Gasteiger partial charge in [0.25, 0.3) is 0 Å². The van der Waals surface area contributed by atoms with Crippen LogP contribution in [0.4, 0.5) is 4.39 Å². The van der Waals surface area contributed by atoms with E-state index in [0.29, 0.717) is 12.0 Å². The SMILES string of the molecule is Cc1ccc(F)c(C=CCCC(=O)O)c1. The lowest BCUT2D eigenvalue weighted by Crippen LogP contribution is -1.91. The Morgan fingerprint density at radius 3 is 2.93 bits per heavy atom. The van der Waals surface area contributed by atoms with Crippen molar-refractivity contribution in [2.75, 3.05) is 0 Å². The van der Waals surface area contributed by atoms with Crippen molar-refractivity contribution in [3.05, 3.63) is 41.2 Å². The monoisotopic (exact) mass is 208 g/mol. The second-order valence-corrected chi connectivity index (χ2v) is 3.36. The van der Waals surface area contributed by atoms with Gasteiger partial charge in [0.15, 0.2) is 0 Å². The van der Waals surface area contributed by atoms with Crippen LogP contribution < -0.4 is 0 Å². The van der Waals surface area contributed by atoms with Crippen LogP contribution in [0, 0.1) is 12.7 Å². The second-order valence-electron chi connectivity index (χ2n) is 3.36. The fourth-order valence-corrected chi connectivity index (χ4v) is 1.21. The zero-order valence-electron chi connectivity index (χ0n) is 8.53. The molecule has 80 valence electrons. The fraction of sp³-hybridized carbons (Fsp3) is 0.250. The number of aliphatic carboxylic acids is 1. The van der Waals surface area contributed by atoms with Crippen molar-refractivity contribution in [2.45, 2.75) is 19.8 Å². The first-order chi connectivity index (χ1) is 7.09. The lowest BCUT2D eigenvalue weighted by atomic mass is 10.1. The maximum atomic E-state index is 13.2. The van der Waals surface area contributed by atoms with Crippen LogP contribution in [0.2, 0.25) is 0 Å². The van der Waals surface area contributed by atoms with E-state index in [2.05, 4.69) is 0 Å². The van der Waals surface area contributed by atoms with Gasteiger partial charge in [0, 0.05) is 12.0 Å². The normalized spacial score (nSPS) is 10.8. The van der Waals surface area contributed by atoms with Crippen LogP contribution >= 0.6 is 0 Å². The van der Waals surface area contributed by atoms with E-state index in [4.69, 9.17) is 5.11 Å². The van der Waals surface area contributed by atoms with E-state index in [1.807, 2.05) is 6.92 Å². The van der Waals surface area contributed by atoms with Crippen molar-refractivity contribution in [3.8, 4) is 0 Å². The predicted octanol–water partition coefficient (Wildman–Crippen LogP) is 3.01. The summed E-state index contributed by atoms with van der Waals surface area (Å²) in [4.78, 5) is 10.2. The van der Waals surface area contributed by atoms with Crippen LogP contribution in [-0.4, -0.2) is 11.1 Å². The average Bonchev–Trinajstić information content (AvgIpc) is 2.17. The topological polar surface area (TPSA) is 37.3 Å². The summed E-state index contributed by atoms with van der Waals surface area (Å²) in [6, 6.07) is 4.84. The molecule has 3 heteroatoms. The van der Waals surface area contributed by atoms with Gasteiger partial charge in [0.05, 0.1) is 0 Å². The van der Waals surface area contributed by atoms with E-state index in [-0.39, 0.29) is 12.2 Å². The number of halogens is 1. The molecule has 0 amide bonds. The van der Waals surface area contributed by atoms with Gasteiger partial charge >= 0.3 is 5.97 Å². The maximum Gasteiger partial charge on any atom is 0.303 e. The van der Waals surface area contributed by atoms with Gasteiger partial charge in [-0.1, -0.05) is 23.8 Å². The fourth-order valence-electron chi connectivity index (χ4n) is 1.21. The maximum absolute atomic E-state index is 13.2. The van der Waals surface area contributed by atoms with E-state index in [0.717, 1.165) is 5.56 Å². The highest BCUT2D eigenvalue weighted by Gasteiger charge is 1.98. The van der Waals surface area contributed by atoms with Crippen LogP contribution in [0.25, 0.3) is 6.08 Å². The second kappa shape index (κ2) is 5.29. The molecule has 2 nitrogen and oxygen atoms in total. The summed E-state index contributed by atoms with van der Waals surface area (Å²) in [6.07, 6.45) is 3.78. The first kappa shape index (κ1) is 11.4. The van der Waals surface area contributed by atoms with Crippen LogP contribution in [0.15, 0.2) is 24.3 Å². The zero-order chi connectivity index (χ0) is 11.3. The van der Waals surface area contributed by atoms with E-state index < -0.39 is 5.97 Å². The van der Waals surface area contributed by atoms with Crippen LogP contribution in [0.3, 0.4) is 0 Å². The summed E-state index contributed by atoms with van der Waals surface area (Å²) in [5, 5.41) is 8.40. The molecule has 1 rings (SSSR count). The third kappa shape index (κ3) is 3.94. The number of carboxylic acid groups (broad SMARTS) is 1. The third-order valence-corrected chi connectivity index (χ3v) is 1.97. The number of carbonyl (C=O) groups is 1. The van der Waals surface area contributed by atoms with E-state index in [1.54, 1.807) is 24.3 Å². The van der Waals surface area contributed by atoms with Gasteiger partial charge < -0.3 is 5.11 Å². The molecule has 1 N–H and O–H groups in total. The first-order valence-electron chi connectivity index (χ1n) is 4.74. The largest absolute Gasteiger partial charge is 0.481 e. The molecule has 0 saturated carbocycles. The van der Waals surface area contributed by atoms with Gasteiger partial charge in [-0.3, -0.25) is 4.79 Å². The molecule has 0 radical (unpaired) electrons. The van der Waals surface area contributed by atoms with Gasteiger partial charge in [-0.2, -0.15) is 0 Å². The van der Waals surface area contributed by atoms with Crippen LogP contribution in [-0.2, 0) is 4.79 Å². The number of hydrogen-bond donors (Lipinski definition) is 1. The van der Waals surface area contributed by atoms with E-state index in [9.17, 15) is 9.18 Å². The number of rotatable bonds is 4. The molecule has 0 heterocycles. The van der Waals surface area contributed by atoms with Crippen molar-refractivity contribution in [1.82, 2.24) is 0 Å². The third-order valence-electron chi connectivity index (χ3n) is 1.97. The van der Waals surface area contributed by atoms with E-state index >= 15 is 0 Å². The Labute approximate surface area is 88.1 Å². The van der Waals surface area contributed by atoms with Crippen molar-refractivity contribution >= 4 is 12.0 Å². The lowest BCUT2D eigenvalue weighted by molar-refractivity contribution is -0.136. The van der Waals surface area contributed by atoms with Gasteiger partial charge in [0.2, 0.25) is 0 Å². The smallest absolute Gasteiger partial charge is 0.303 e. The Hall–Kier alpha value is -1.64. The molecule has 0 aliphatic heterocycles. The Kier molecular flexibility index (Phi) is 4.03. The number of aryl methyl sites for hydroxylation is 1. The van der Waals surface area contributed by atoms with Gasteiger partial charge in [-0.05, 0) is 25.5 Å². The molecule has 0 spiro atoms. The van der Waals surface area contributed by atoms with Gasteiger partial charge in [0.1, 0.15) is 5.82 Å².